The van der Waals surface area contributed by atoms with Gasteiger partial charge in [-0.15, -0.1) is 0 Å². The lowest BCUT2D eigenvalue weighted by molar-refractivity contribution is -0.0550. The van der Waals surface area contributed by atoms with Gasteiger partial charge in [-0.25, -0.2) is 23.7 Å². The van der Waals surface area contributed by atoms with Crippen LogP contribution >= 0.6 is 23.5 Å². The first-order valence-corrected chi connectivity index (χ1v) is 12.9. The molecule has 31 heavy (non-hydrogen) atoms. The minimum Gasteiger partial charge on any atom is -0.390 e. The zero-order valence-corrected chi connectivity index (χ0v) is 18.4. The molecule has 3 aliphatic heterocycles. The molecular weight excluding hydrogens is 487 g/mol. The van der Waals surface area contributed by atoms with Crippen molar-refractivity contribution in [3.8, 4) is 0 Å². The number of nitrogens with two attached hydrogens (primary N) is 1. The number of nitrogens with zero attached hydrogens (tertiary/aromatic N) is 4. The van der Waals surface area contributed by atoms with Gasteiger partial charge in [0.25, 0.3) is 0 Å². The van der Waals surface area contributed by atoms with Crippen molar-refractivity contribution in [1.29, 1.82) is 0 Å². The van der Waals surface area contributed by atoms with Crippen molar-refractivity contribution in [3.63, 3.8) is 0 Å². The number of aliphatic hydroxyl groups is 1. The smallest absolute Gasteiger partial charge is 0.390 e. The predicted octanol–water partition coefficient (Wildman–Crippen LogP) is -1.36. The number of aliphatic imine (C=N–C) groups is 3. The number of phosphoric ester groups is 1. The summed E-state index contributed by atoms with van der Waals surface area (Å²) in [6.45, 7) is 0.978. The van der Waals surface area contributed by atoms with Gasteiger partial charge in [-0.2, -0.15) is 8.62 Å². The quantitative estimate of drug-likeness (QED) is 0.207. The Kier molecular flexibility index (Phi) is 6.75. The van der Waals surface area contributed by atoms with Crippen molar-refractivity contribution in [1.82, 2.24) is 4.90 Å². The van der Waals surface area contributed by atoms with Gasteiger partial charge < -0.3 is 40.1 Å². The van der Waals surface area contributed by atoms with E-state index in [4.69, 9.17) is 25.2 Å². The molecule has 3 aliphatic rings. The maximum atomic E-state index is 11.8. The van der Waals surface area contributed by atoms with Crippen LogP contribution in [0.1, 0.15) is 13.3 Å². The SMILES string of the molecule is CC1(N)N=CN=C2C1=NCN2[C@H]1C[C@H](O)[C@@H](COP(=O)(O)OP(=O)(O)OP(=O)(O)O)O1. The van der Waals surface area contributed by atoms with Gasteiger partial charge in [0.2, 0.25) is 0 Å². The van der Waals surface area contributed by atoms with Gasteiger partial charge in [-0.05, 0) is 6.92 Å². The monoisotopic (exact) mass is 507 g/mol. The third kappa shape index (κ3) is 6.12. The minimum atomic E-state index is -5.64. The van der Waals surface area contributed by atoms with Crippen LogP contribution in [-0.4, -0.2) is 84.8 Å². The van der Waals surface area contributed by atoms with E-state index in [9.17, 15) is 23.7 Å². The first kappa shape index (κ1) is 24.7. The normalized spacial score (nSPS) is 34.7. The average molecular weight is 507 g/mol. The molecule has 3 unspecified atom stereocenters. The molecule has 1 saturated heterocycles. The fourth-order valence-corrected chi connectivity index (χ4v) is 5.99. The number of amidine groups is 1. The third-order valence-corrected chi connectivity index (χ3v) is 8.02. The topological polar surface area (TPSA) is 256 Å². The standard InChI is InChI=1S/C11H20N5O12P3/c1-11(12)9-10(13-4-15-11)16(5-14-9)8-2-6(17)7(26-8)3-25-30(21,22)28-31(23,24)27-29(18,19)20/h4,6-8,17H,2-3,5,12H2,1H3,(H,21,22)(H,23,24)(H2,18,19,20)/t6-,7+,8+,11?/m0/s1. The largest absolute Gasteiger partial charge is 0.490 e. The summed E-state index contributed by atoms with van der Waals surface area (Å²) in [6, 6.07) is 0. The molecule has 3 heterocycles. The number of hydrogen-bond acceptors (Lipinski definition) is 13. The second-order valence-corrected chi connectivity index (χ2v) is 11.2. The molecule has 17 nitrogen and oxygen atoms in total. The molecule has 0 aliphatic carbocycles. The maximum absolute atomic E-state index is 11.8. The molecule has 0 aromatic heterocycles. The number of phosphoric acid groups is 3. The van der Waals surface area contributed by atoms with E-state index in [1.807, 2.05) is 0 Å². The van der Waals surface area contributed by atoms with Crippen molar-refractivity contribution in [2.75, 3.05) is 13.3 Å². The number of fused-ring (bicyclic) bond motifs is 1. The van der Waals surface area contributed by atoms with Gasteiger partial charge in [0, 0.05) is 6.42 Å². The molecule has 0 saturated carbocycles. The Morgan fingerprint density at radius 3 is 2.58 bits per heavy atom. The summed E-state index contributed by atoms with van der Waals surface area (Å²) < 4.78 is 51.1. The predicted molar refractivity (Wildman–Crippen MR) is 102 cm³/mol. The van der Waals surface area contributed by atoms with Crippen LogP contribution in [0.5, 0.6) is 0 Å². The first-order chi connectivity index (χ1) is 14.1. The zero-order chi connectivity index (χ0) is 23.2. The van der Waals surface area contributed by atoms with E-state index < -0.39 is 54.2 Å². The van der Waals surface area contributed by atoms with E-state index in [0.29, 0.717) is 11.5 Å². The molecule has 0 amide bonds. The molecule has 7 N–H and O–H groups in total. The minimum absolute atomic E-state index is 0.0324. The van der Waals surface area contributed by atoms with Gasteiger partial charge >= 0.3 is 23.5 Å². The Morgan fingerprint density at radius 2 is 1.94 bits per heavy atom. The number of aliphatic hydroxyl groups excluding tert-OH is 1. The van der Waals surface area contributed by atoms with Gasteiger partial charge in [-0.3, -0.25) is 9.52 Å². The third-order valence-electron chi connectivity index (χ3n) is 4.22. The lowest BCUT2D eigenvalue weighted by Gasteiger charge is -2.29. The lowest BCUT2D eigenvalue weighted by atomic mass is 10.1. The van der Waals surface area contributed by atoms with Crippen LogP contribution in [0.2, 0.25) is 0 Å². The fraction of sp³-hybridized carbons (Fsp3) is 0.727. The Hall–Kier alpha value is -0.900. The van der Waals surface area contributed by atoms with Crippen LogP contribution in [-0.2, 0) is 31.6 Å². The molecule has 6 atom stereocenters. The van der Waals surface area contributed by atoms with Crippen molar-refractivity contribution < 1.29 is 56.3 Å². The van der Waals surface area contributed by atoms with E-state index in [-0.39, 0.29) is 13.1 Å². The van der Waals surface area contributed by atoms with Gasteiger partial charge in [0.05, 0.1) is 12.7 Å². The molecule has 0 spiro atoms. The Morgan fingerprint density at radius 1 is 1.26 bits per heavy atom. The highest BCUT2D eigenvalue weighted by atomic mass is 31.3. The van der Waals surface area contributed by atoms with Gasteiger partial charge in [-0.1, -0.05) is 0 Å². The molecule has 0 bridgehead atoms. The summed E-state index contributed by atoms with van der Waals surface area (Å²) in [5, 5.41) is 10.2. The Bertz CT molecular complexity index is 962. The van der Waals surface area contributed by atoms with Crippen molar-refractivity contribution in [2.45, 2.75) is 37.4 Å². The summed E-state index contributed by atoms with van der Waals surface area (Å²) in [4.78, 5) is 49.7. The fourth-order valence-electron chi connectivity index (χ4n) is 2.96. The van der Waals surface area contributed by atoms with E-state index in [2.05, 4.69) is 28.1 Å². The average Bonchev–Trinajstić information content (AvgIpc) is 3.13. The molecule has 0 aromatic carbocycles. The number of rotatable bonds is 8. The van der Waals surface area contributed by atoms with Crippen LogP contribution in [0.15, 0.2) is 15.0 Å². The summed E-state index contributed by atoms with van der Waals surface area (Å²) in [6.07, 6.45) is -1.80. The van der Waals surface area contributed by atoms with Crippen molar-refractivity contribution in [2.24, 2.45) is 20.7 Å². The lowest BCUT2D eigenvalue weighted by Crippen LogP contribution is -2.52. The maximum Gasteiger partial charge on any atom is 0.490 e. The molecule has 176 valence electrons. The van der Waals surface area contributed by atoms with E-state index in [1.54, 1.807) is 11.8 Å². The molecule has 20 heteroatoms. The van der Waals surface area contributed by atoms with Gasteiger partial charge in [0.1, 0.15) is 31.1 Å². The Balaban J connectivity index is 1.58. The van der Waals surface area contributed by atoms with Crippen molar-refractivity contribution >= 4 is 41.4 Å². The highest BCUT2D eigenvalue weighted by Crippen LogP contribution is 2.66. The summed E-state index contributed by atoms with van der Waals surface area (Å²) in [5.41, 5.74) is 5.38. The second kappa shape index (κ2) is 8.47. The van der Waals surface area contributed by atoms with E-state index in [0.717, 1.165) is 0 Å². The Labute approximate surface area is 174 Å². The number of ether oxygens (including phenoxy) is 1. The number of hydrogen-bond donors (Lipinski definition) is 6. The van der Waals surface area contributed by atoms with Gasteiger partial charge in [0.15, 0.2) is 11.5 Å². The van der Waals surface area contributed by atoms with Crippen LogP contribution in [0, 0.1) is 0 Å². The van der Waals surface area contributed by atoms with E-state index >= 15 is 0 Å². The second-order valence-electron chi connectivity index (χ2n) is 6.78. The highest BCUT2D eigenvalue weighted by Gasteiger charge is 2.46. The molecule has 1 fully saturated rings. The molecular formula is C11H20N5O12P3. The molecule has 3 rings (SSSR count). The van der Waals surface area contributed by atoms with Crippen LogP contribution < -0.4 is 5.73 Å². The van der Waals surface area contributed by atoms with Crippen LogP contribution in [0.4, 0.5) is 0 Å². The van der Waals surface area contributed by atoms with Crippen molar-refractivity contribution in [3.05, 3.63) is 0 Å². The van der Waals surface area contributed by atoms with Crippen LogP contribution in [0.3, 0.4) is 0 Å². The van der Waals surface area contributed by atoms with Crippen LogP contribution in [0.25, 0.3) is 0 Å². The summed E-state index contributed by atoms with van der Waals surface area (Å²) in [7, 11) is -16.5. The molecule has 0 radical (unpaired) electrons. The summed E-state index contributed by atoms with van der Waals surface area (Å²) >= 11 is 0. The highest BCUT2D eigenvalue weighted by molar-refractivity contribution is 7.66. The summed E-state index contributed by atoms with van der Waals surface area (Å²) in [5.74, 6) is 0.394. The first-order valence-electron chi connectivity index (χ1n) is 8.43. The van der Waals surface area contributed by atoms with E-state index in [1.165, 1.54) is 6.34 Å². The zero-order valence-electron chi connectivity index (χ0n) is 15.7. The molecule has 0 aromatic rings.